The third-order valence-electron chi connectivity index (χ3n) is 2.25. The lowest BCUT2D eigenvalue weighted by Gasteiger charge is -2.07. The van der Waals surface area contributed by atoms with E-state index in [2.05, 4.69) is 0 Å². The smallest absolute Gasteiger partial charge is 0.133 e. The van der Waals surface area contributed by atoms with E-state index in [1.54, 1.807) is 36.4 Å². The Hall–Kier alpha value is -2.03. The number of nitrogen functional groups attached to an aromatic ring is 2. The molecule has 76 valence electrons. The van der Waals surface area contributed by atoms with Gasteiger partial charge in [-0.1, -0.05) is 18.2 Å². The van der Waals surface area contributed by atoms with E-state index in [0.717, 1.165) is 5.56 Å². The Morgan fingerprint density at radius 1 is 0.867 bits per heavy atom. The van der Waals surface area contributed by atoms with Gasteiger partial charge in [-0.15, -0.1) is 0 Å². The number of benzene rings is 2. The van der Waals surface area contributed by atoms with E-state index in [9.17, 15) is 4.39 Å². The van der Waals surface area contributed by atoms with Gasteiger partial charge in [0, 0.05) is 16.9 Å². The standard InChI is InChI=1S/C12H11FN2/c13-10-2-1-3-11(15)12(10)8-4-6-9(14)7-5-8/h1-7H,14-15H2. The Labute approximate surface area is 87.3 Å². The van der Waals surface area contributed by atoms with Crippen molar-refractivity contribution in [2.75, 3.05) is 11.5 Å². The Morgan fingerprint density at radius 3 is 2.13 bits per heavy atom. The van der Waals surface area contributed by atoms with Crippen LogP contribution >= 0.6 is 0 Å². The number of hydrogen-bond acceptors (Lipinski definition) is 2. The van der Waals surface area contributed by atoms with E-state index in [-0.39, 0.29) is 5.82 Å². The van der Waals surface area contributed by atoms with Gasteiger partial charge in [-0.3, -0.25) is 0 Å². The van der Waals surface area contributed by atoms with Gasteiger partial charge in [-0.05, 0) is 29.8 Å². The molecule has 0 unspecified atom stereocenters. The SMILES string of the molecule is Nc1ccc(-c2c(N)cccc2F)cc1. The number of hydrogen-bond donors (Lipinski definition) is 2. The average Bonchev–Trinajstić information content (AvgIpc) is 2.20. The fourth-order valence-electron chi connectivity index (χ4n) is 1.50. The van der Waals surface area contributed by atoms with Crippen LogP contribution in [0.2, 0.25) is 0 Å². The summed E-state index contributed by atoms with van der Waals surface area (Å²) < 4.78 is 13.5. The van der Waals surface area contributed by atoms with Crippen molar-refractivity contribution in [3.63, 3.8) is 0 Å². The molecular weight excluding hydrogens is 191 g/mol. The lowest BCUT2D eigenvalue weighted by molar-refractivity contribution is 0.632. The second kappa shape index (κ2) is 3.61. The molecule has 0 aliphatic heterocycles. The first kappa shape index (κ1) is 9.52. The summed E-state index contributed by atoms with van der Waals surface area (Å²) in [6, 6.07) is 11.6. The summed E-state index contributed by atoms with van der Waals surface area (Å²) in [4.78, 5) is 0. The van der Waals surface area contributed by atoms with Crippen LogP contribution in [0.4, 0.5) is 15.8 Å². The highest BCUT2D eigenvalue weighted by Crippen LogP contribution is 2.28. The highest BCUT2D eigenvalue weighted by molar-refractivity contribution is 5.77. The van der Waals surface area contributed by atoms with Crippen LogP contribution in [-0.2, 0) is 0 Å². The zero-order valence-electron chi connectivity index (χ0n) is 8.07. The predicted molar refractivity (Wildman–Crippen MR) is 60.7 cm³/mol. The number of nitrogens with two attached hydrogens (primary N) is 2. The van der Waals surface area contributed by atoms with Gasteiger partial charge in [0.05, 0.1) is 0 Å². The van der Waals surface area contributed by atoms with Crippen LogP contribution in [0.1, 0.15) is 0 Å². The van der Waals surface area contributed by atoms with Gasteiger partial charge in [0.15, 0.2) is 0 Å². The Balaban J connectivity index is 2.58. The van der Waals surface area contributed by atoms with Gasteiger partial charge in [0.25, 0.3) is 0 Å². The molecule has 0 heterocycles. The van der Waals surface area contributed by atoms with Crippen molar-refractivity contribution in [2.24, 2.45) is 0 Å². The molecule has 0 saturated heterocycles. The maximum atomic E-state index is 13.5. The summed E-state index contributed by atoms with van der Waals surface area (Å²) in [5.74, 6) is -0.320. The van der Waals surface area contributed by atoms with Crippen LogP contribution in [0.25, 0.3) is 11.1 Å². The second-order valence-corrected chi connectivity index (χ2v) is 3.33. The van der Waals surface area contributed by atoms with Crippen molar-refractivity contribution in [1.29, 1.82) is 0 Å². The molecule has 0 aliphatic rings. The van der Waals surface area contributed by atoms with Crippen molar-refractivity contribution in [3.05, 3.63) is 48.3 Å². The van der Waals surface area contributed by atoms with Gasteiger partial charge < -0.3 is 11.5 Å². The van der Waals surface area contributed by atoms with Crippen molar-refractivity contribution in [1.82, 2.24) is 0 Å². The second-order valence-electron chi connectivity index (χ2n) is 3.33. The average molecular weight is 202 g/mol. The van der Waals surface area contributed by atoms with E-state index in [4.69, 9.17) is 11.5 Å². The molecule has 0 saturated carbocycles. The maximum absolute atomic E-state index is 13.5. The van der Waals surface area contributed by atoms with Gasteiger partial charge >= 0.3 is 0 Å². The van der Waals surface area contributed by atoms with Gasteiger partial charge in [0.2, 0.25) is 0 Å². The fraction of sp³-hybridized carbons (Fsp3) is 0. The van der Waals surface area contributed by atoms with Crippen molar-refractivity contribution in [3.8, 4) is 11.1 Å². The minimum Gasteiger partial charge on any atom is -0.399 e. The summed E-state index contributed by atoms with van der Waals surface area (Å²) in [5.41, 5.74) is 13.5. The lowest BCUT2D eigenvalue weighted by Crippen LogP contribution is -1.93. The molecule has 0 fully saturated rings. The van der Waals surface area contributed by atoms with Gasteiger partial charge in [0.1, 0.15) is 5.82 Å². The third kappa shape index (κ3) is 1.76. The molecule has 0 radical (unpaired) electrons. The monoisotopic (exact) mass is 202 g/mol. The molecule has 0 atom stereocenters. The molecule has 0 amide bonds. The Bertz CT molecular complexity index is 457. The summed E-state index contributed by atoms with van der Waals surface area (Å²) in [6.45, 7) is 0. The van der Waals surface area contributed by atoms with Crippen LogP contribution in [0.15, 0.2) is 42.5 Å². The molecule has 2 aromatic carbocycles. The molecule has 2 nitrogen and oxygen atoms in total. The topological polar surface area (TPSA) is 52.0 Å². The molecule has 15 heavy (non-hydrogen) atoms. The minimum absolute atomic E-state index is 0.320. The highest BCUT2D eigenvalue weighted by Gasteiger charge is 2.07. The third-order valence-corrected chi connectivity index (χ3v) is 2.25. The summed E-state index contributed by atoms with van der Waals surface area (Å²) in [5, 5.41) is 0. The molecule has 2 aromatic rings. The van der Waals surface area contributed by atoms with Gasteiger partial charge in [-0.25, -0.2) is 4.39 Å². The largest absolute Gasteiger partial charge is 0.399 e. The van der Waals surface area contributed by atoms with E-state index in [1.165, 1.54) is 6.07 Å². The zero-order chi connectivity index (χ0) is 10.8. The Kier molecular flexibility index (Phi) is 2.29. The molecule has 4 N–H and O–H groups in total. The number of rotatable bonds is 1. The summed E-state index contributed by atoms with van der Waals surface area (Å²) >= 11 is 0. The highest BCUT2D eigenvalue weighted by atomic mass is 19.1. The quantitative estimate of drug-likeness (QED) is 0.698. The van der Waals surface area contributed by atoms with E-state index in [0.29, 0.717) is 16.9 Å². The molecule has 0 aromatic heterocycles. The molecular formula is C12H11FN2. The summed E-state index contributed by atoms with van der Waals surface area (Å²) in [6.07, 6.45) is 0. The Morgan fingerprint density at radius 2 is 1.53 bits per heavy atom. The van der Waals surface area contributed by atoms with Crippen LogP contribution in [-0.4, -0.2) is 0 Å². The molecule has 0 spiro atoms. The van der Waals surface area contributed by atoms with Crippen molar-refractivity contribution < 1.29 is 4.39 Å². The van der Waals surface area contributed by atoms with Crippen molar-refractivity contribution >= 4 is 11.4 Å². The lowest BCUT2D eigenvalue weighted by atomic mass is 10.0. The number of halogens is 1. The maximum Gasteiger partial charge on any atom is 0.133 e. The normalized spacial score (nSPS) is 10.2. The zero-order valence-corrected chi connectivity index (χ0v) is 8.07. The van der Waals surface area contributed by atoms with E-state index < -0.39 is 0 Å². The van der Waals surface area contributed by atoms with Crippen LogP contribution in [0, 0.1) is 5.82 Å². The minimum atomic E-state index is -0.320. The molecule has 3 heteroatoms. The molecule has 0 bridgehead atoms. The van der Waals surface area contributed by atoms with Crippen LogP contribution in [0.3, 0.4) is 0 Å². The molecule has 2 rings (SSSR count). The first-order valence-corrected chi connectivity index (χ1v) is 4.58. The van der Waals surface area contributed by atoms with Crippen molar-refractivity contribution in [2.45, 2.75) is 0 Å². The first-order valence-electron chi connectivity index (χ1n) is 4.58. The van der Waals surface area contributed by atoms with E-state index in [1.807, 2.05) is 0 Å². The molecule has 0 aliphatic carbocycles. The summed E-state index contributed by atoms with van der Waals surface area (Å²) in [7, 11) is 0. The number of anilines is 2. The predicted octanol–water partition coefficient (Wildman–Crippen LogP) is 2.66. The first-order chi connectivity index (χ1) is 7.18. The van der Waals surface area contributed by atoms with Crippen LogP contribution < -0.4 is 11.5 Å². The van der Waals surface area contributed by atoms with Gasteiger partial charge in [-0.2, -0.15) is 0 Å². The fourth-order valence-corrected chi connectivity index (χ4v) is 1.50. The van der Waals surface area contributed by atoms with E-state index >= 15 is 0 Å². The van der Waals surface area contributed by atoms with Crippen LogP contribution in [0.5, 0.6) is 0 Å².